The number of hydrogen-bond donors (Lipinski definition) is 0. The Labute approximate surface area is 128 Å². The summed E-state index contributed by atoms with van der Waals surface area (Å²) in [5.41, 5.74) is 0. The third kappa shape index (κ3) is 10.7. The molecular formula is C18H40N2. The van der Waals surface area contributed by atoms with Crippen LogP contribution in [0.1, 0.15) is 73.1 Å². The van der Waals surface area contributed by atoms with Gasteiger partial charge in [0.15, 0.2) is 0 Å². The van der Waals surface area contributed by atoms with Crippen LogP contribution >= 0.6 is 0 Å². The summed E-state index contributed by atoms with van der Waals surface area (Å²) in [6, 6.07) is 0. The first-order chi connectivity index (χ1) is 9.67. The van der Waals surface area contributed by atoms with Crippen LogP contribution in [0.2, 0.25) is 0 Å². The number of unbranched alkanes of at least 4 members (excludes halogenated alkanes) is 3. The van der Waals surface area contributed by atoms with E-state index in [0.717, 1.165) is 5.92 Å². The zero-order valence-electron chi connectivity index (χ0n) is 15.0. The molecule has 0 aromatic heterocycles. The summed E-state index contributed by atoms with van der Waals surface area (Å²) < 4.78 is 0. The Morgan fingerprint density at radius 2 is 1.10 bits per heavy atom. The van der Waals surface area contributed by atoms with Crippen molar-refractivity contribution in [2.75, 3.05) is 39.3 Å². The third-order valence-corrected chi connectivity index (χ3v) is 4.65. The molecule has 0 bridgehead atoms. The second-order valence-corrected chi connectivity index (χ2v) is 6.15. The lowest BCUT2D eigenvalue weighted by Crippen LogP contribution is -2.25. The summed E-state index contributed by atoms with van der Waals surface area (Å²) in [7, 11) is 0. The van der Waals surface area contributed by atoms with E-state index >= 15 is 0 Å². The Bertz CT molecular complexity index is 186. The summed E-state index contributed by atoms with van der Waals surface area (Å²) in [5, 5.41) is 0. The second kappa shape index (κ2) is 13.9. The van der Waals surface area contributed by atoms with E-state index in [-0.39, 0.29) is 0 Å². The van der Waals surface area contributed by atoms with Crippen molar-refractivity contribution >= 4 is 0 Å². The van der Waals surface area contributed by atoms with Crippen LogP contribution < -0.4 is 0 Å². The van der Waals surface area contributed by atoms with Crippen molar-refractivity contribution in [1.29, 1.82) is 0 Å². The van der Waals surface area contributed by atoms with Crippen molar-refractivity contribution in [2.45, 2.75) is 73.1 Å². The quantitative estimate of drug-likeness (QED) is 0.429. The molecule has 0 aromatic carbocycles. The van der Waals surface area contributed by atoms with Crippen LogP contribution in [0, 0.1) is 5.92 Å². The molecule has 0 aliphatic carbocycles. The van der Waals surface area contributed by atoms with Gasteiger partial charge in [0.25, 0.3) is 0 Å². The number of nitrogens with zero attached hydrogens (tertiary/aromatic N) is 2. The molecule has 0 spiro atoms. The molecule has 2 nitrogen and oxygen atoms in total. The van der Waals surface area contributed by atoms with Gasteiger partial charge in [0, 0.05) is 0 Å². The van der Waals surface area contributed by atoms with Crippen molar-refractivity contribution < 1.29 is 0 Å². The van der Waals surface area contributed by atoms with Crippen LogP contribution in [0.5, 0.6) is 0 Å². The van der Waals surface area contributed by atoms with Gasteiger partial charge < -0.3 is 9.80 Å². The molecule has 0 radical (unpaired) electrons. The second-order valence-electron chi connectivity index (χ2n) is 6.15. The zero-order valence-corrected chi connectivity index (χ0v) is 15.0. The predicted octanol–water partition coefficient (Wildman–Crippen LogP) is 4.65. The molecule has 0 aliphatic heterocycles. The minimum absolute atomic E-state index is 0.901. The maximum absolute atomic E-state index is 2.54. The first kappa shape index (κ1) is 19.9. The van der Waals surface area contributed by atoms with Gasteiger partial charge in [-0.05, 0) is 58.0 Å². The maximum atomic E-state index is 2.54. The lowest BCUT2D eigenvalue weighted by molar-refractivity contribution is 0.273. The minimum Gasteiger partial charge on any atom is -0.304 e. The molecular weight excluding hydrogens is 244 g/mol. The van der Waals surface area contributed by atoms with Crippen molar-refractivity contribution in [2.24, 2.45) is 5.92 Å². The Balaban J connectivity index is 3.41. The van der Waals surface area contributed by atoms with Crippen LogP contribution in [0.15, 0.2) is 0 Å². The average molecular weight is 285 g/mol. The Morgan fingerprint density at radius 3 is 1.65 bits per heavy atom. The van der Waals surface area contributed by atoms with Gasteiger partial charge in [-0.25, -0.2) is 0 Å². The fraction of sp³-hybridized carbons (Fsp3) is 1.00. The first-order valence-electron chi connectivity index (χ1n) is 9.12. The largest absolute Gasteiger partial charge is 0.304 e. The van der Waals surface area contributed by atoms with Gasteiger partial charge >= 0.3 is 0 Å². The van der Waals surface area contributed by atoms with E-state index in [1.807, 2.05) is 0 Å². The average Bonchev–Trinajstić information content (AvgIpc) is 2.47. The predicted molar refractivity (Wildman–Crippen MR) is 92.4 cm³/mol. The van der Waals surface area contributed by atoms with E-state index in [9.17, 15) is 0 Å². The summed E-state index contributed by atoms with van der Waals surface area (Å²) in [6.45, 7) is 18.9. The zero-order chi connectivity index (χ0) is 15.2. The Morgan fingerprint density at radius 1 is 0.600 bits per heavy atom. The van der Waals surface area contributed by atoms with Gasteiger partial charge in [0.2, 0.25) is 0 Å². The standard InChI is InChI=1S/C18H40N2/c1-6-19(7-2)16-13-11-10-12-14-18(5)15-17-20(8-3)9-4/h18H,6-17H2,1-5H3. The van der Waals surface area contributed by atoms with Gasteiger partial charge in [0.1, 0.15) is 0 Å². The lowest BCUT2D eigenvalue weighted by Gasteiger charge is -2.20. The van der Waals surface area contributed by atoms with Gasteiger partial charge in [-0.3, -0.25) is 0 Å². The van der Waals surface area contributed by atoms with Crippen molar-refractivity contribution in [3.63, 3.8) is 0 Å². The summed E-state index contributed by atoms with van der Waals surface area (Å²) >= 11 is 0. The van der Waals surface area contributed by atoms with E-state index in [2.05, 4.69) is 44.4 Å². The maximum Gasteiger partial charge on any atom is -0.00164 e. The van der Waals surface area contributed by atoms with Crippen LogP contribution in [-0.4, -0.2) is 49.1 Å². The molecule has 0 aromatic rings. The lowest BCUT2D eigenvalue weighted by atomic mass is 9.99. The molecule has 0 N–H and O–H groups in total. The topological polar surface area (TPSA) is 6.48 Å². The molecule has 0 saturated heterocycles. The SMILES string of the molecule is CCN(CC)CCCCCCC(C)CCN(CC)CC. The number of hydrogen-bond acceptors (Lipinski definition) is 2. The molecule has 122 valence electrons. The highest BCUT2D eigenvalue weighted by Crippen LogP contribution is 2.14. The minimum atomic E-state index is 0.901. The van der Waals surface area contributed by atoms with E-state index in [1.54, 1.807) is 0 Å². The van der Waals surface area contributed by atoms with Gasteiger partial charge in [-0.2, -0.15) is 0 Å². The van der Waals surface area contributed by atoms with Crippen molar-refractivity contribution in [3.05, 3.63) is 0 Å². The van der Waals surface area contributed by atoms with Gasteiger partial charge in [-0.15, -0.1) is 0 Å². The van der Waals surface area contributed by atoms with Crippen LogP contribution in [0.4, 0.5) is 0 Å². The van der Waals surface area contributed by atoms with E-state index in [4.69, 9.17) is 0 Å². The van der Waals surface area contributed by atoms with Gasteiger partial charge in [-0.1, -0.05) is 60.3 Å². The molecule has 0 amide bonds. The van der Waals surface area contributed by atoms with E-state index < -0.39 is 0 Å². The molecule has 2 heteroatoms. The molecule has 0 heterocycles. The summed E-state index contributed by atoms with van der Waals surface area (Å²) in [4.78, 5) is 5.08. The molecule has 20 heavy (non-hydrogen) atoms. The molecule has 1 atom stereocenters. The monoisotopic (exact) mass is 284 g/mol. The summed E-state index contributed by atoms with van der Waals surface area (Å²) in [6.07, 6.45) is 8.46. The van der Waals surface area contributed by atoms with Crippen molar-refractivity contribution in [3.8, 4) is 0 Å². The fourth-order valence-electron chi connectivity index (χ4n) is 2.81. The first-order valence-corrected chi connectivity index (χ1v) is 9.12. The third-order valence-electron chi connectivity index (χ3n) is 4.65. The van der Waals surface area contributed by atoms with Crippen molar-refractivity contribution in [1.82, 2.24) is 9.80 Å². The van der Waals surface area contributed by atoms with Crippen LogP contribution in [0.3, 0.4) is 0 Å². The molecule has 0 saturated carbocycles. The Hall–Kier alpha value is -0.0800. The normalized spacial score (nSPS) is 13.3. The Kier molecular flexibility index (Phi) is 13.8. The molecule has 0 fully saturated rings. The van der Waals surface area contributed by atoms with E-state index in [0.29, 0.717) is 0 Å². The molecule has 0 aliphatic rings. The smallest absolute Gasteiger partial charge is 0.00164 e. The highest BCUT2D eigenvalue weighted by molar-refractivity contribution is 4.60. The highest BCUT2D eigenvalue weighted by Gasteiger charge is 2.05. The fourth-order valence-corrected chi connectivity index (χ4v) is 2.81. The van der Waals surface area contributed by atoms with Gasteiger partial charge in [0.05, 0.1) is 0 Å². The van der Waals surface area contributed by atoms with E-state index in [1.165, 1.54) is 77.8 Å². The highest BCUT2D eigenvalue weighted by atomic mass is 15.1. The summed E-state index contributed by atoms with van der Waals surface area (Å²) in [5.74, 6) is 0.901. The van der Waals surface area contributed by atoms with Crippen LogP contribution in [0.25, 0.3) is 0 Å². The van der Waals surface area contributed by atoms with Crippen LogP contribution in [-0.2, 0) is 0 Å². The molecule has 1 unspecified atom stereocenters. The molecule has 0 rings (SSSR count). The number of rotatable bonds is 14.